The number of terminal acetylenes is 1. The van der Waals surface area contributed by atoms with Crippen LogP contribution in [0.15, 0.2) is 46.7 Å². The monoisotopic (exact) mass is 326 g/mol. The van der Waals surface area contributed by atoms with Crippen LogP contribution in [-0.2, 0) is 10.0 Å². The van der Waals surface area contributed by atoms with Gasteiger partial charge in [-0.1, -0.05) is 35.7 Å². The molecule has 0 bridgehead atoms. The molecule has 0 amide bonds. The summed E-state index contributed by atoms with van der Waals surface area (Å²) in [4.78, 5) is 0. The average Bonchev–Trinajstić information content (AvgIpc) is 2.88. The Bertz CT molecular complexity index is 720. The first-order valence-electron chi connectivity index (χ1n) is 5.58. The van der Waals surface area contributed by atoms with Gasteiger partial charge in [0, 0.05) is 0 Å². The van der Waals surface area contributed by atoms with Crippen LogP contribution >= 0.6 is 22.9 Å². The van der Waals surface area contributed by atoms with E-state index in [4.69, 9.17) is 18.0 Å². The van der Waals surface area contributed by atoms with Crippen molar-refractivity contribution in [3.8, 4) is 12.3 Å². The lowest BCUT2D eigenvalue weighted by atomic mass is 10.3. The van der Waals surface area contributed by atoms with Crippen molar-refractivity contribution in [2.45, 2.75) is 4.21 Å². The van der Waals surface area contributed by atoms with Gasteiger partial charge in [0.2, 0.25) is 0 Å². The summed E-state index contributed by atoms with van der Waals surface area (Å²) in [5.41, 5.74) is 3.19. The van der Waals surface area contributed by atoms with Crippen molar-refractivity contribution in [1.82, 2.24) is 5.43 Å². The number of hydrogen-bond donors (Lipinski definition) is 1. The van der Waals surface area contributed by atoms with Gasteiger partial charge in [-0.15, -0.1) is 17.8 Å². The summed E-state index contributed by atoms with van der Waals surface area (Å²) in [7, 11) is -3.74. The highest BCUT2D eigenvalue weighted by atomic mass is 35.5. The molecular weight excluding hydrogens is 316 g/mol. The smallest absolute Gasteiger partial charge is 0.208 e. The third-order valence-corrected chi connectivity index (χ3v) is 5.73. The van der Waals surface area contributed by atoms with Crippen molar-refractivity contribution in [1.29, 1.82) is 0 Å². The van der Waals surface area contributed by atoms with Gasteiger partial charge in [-0.25, -0.2) is 5.43 Å². The molecule has 0 aliphatic rings. The van der Waals surface area contributed by atoms with Crippen molar-refractivity contribution in [2.75, 3.05) is 11.0 Å². The Morgan fingerprint density at radius 3 is 2.50 bits per heavy atom. The minimum atomic E-state index is -3.74. The van der Waals surface area contributed by atoms with Crippen LogP contribution in [0.2, 0.25) is 4.34 Å². The molecule has 1 aromatic heterocycles. The molecule has 7 heteroatoms. The second-order valence-electron chi connectivity index (χ2n) is 3.70. The molecule has 0 saturated carbocycles. The number of nitrogens with zero attached hydrogens (tertiary/aromatic N) is 1. The molecule has 1 N–H and O–H groups in total. The third-order valence-electron chi connectivity index (χ3n) is 2.36. The fraction of sp³-hybridized carbons (Fsp3) is 0.0769. The van der Waals surface area contributed by atoms with Crippen molar-refractivity contribution in [3.05, 3.63) is 46.8 Å². The van der Waals surface area contributed by atoms with Gasteiger partial charge in [-0.05, 0) is 24.3 Å². The number of halogens is 1. The summed E-state index contributed by atoms with van der Waals surface area (Å²) in [5.74, 6) is 2.36. The molecule has 0 atom stereocenters. The topological polar surface area (TPSA) is 49.4 Å². The van der Waals surface area contributed by atoms with Gasteiger partial charge < -0.3 is 0 Å². The van der Waals surface area contributed by atoms with Crippen molar-refractivity contribution in [3.63, 3.8) is 0 Å². The normalized spacial score (nSPS) is 11.0. The van der Waals surface area contributed by atoms with E-state index in [9.17, 15) is 8.42 Å². The lowest BCUT2D eigenvalue weighted by molar-refractivity contribution is 0.584. The Morgan fingerprint density at radius 2 is 1.95 bits per heavy atom. The number of hydrogen-bond acceptors (Lipinski definition) is 4. The largest absolute Gasteiger partial charge is 0.287 e. The first kappa shape index (κ1) is 14.9. The van der Waals surface area contributed by atoms with Gasteiger partial charge in [0.15, 0.2) is 0 Å². The third kappa shape index (κ3) is 3.14. The Kier molecular flexibility index (Phi) is 4.68. The van der Waals surface area contributed by atoms with Crippen LogP contribution in [0.5, 0.6) is 0 Å². The Hall–Kier alpha value is -1.52. The Morgan fingerprint density at radius 1 is 1.25 bits per heavy atom. The predicted molar refractivity (Wildman–Crippen MR) is 82.3 cm³/mol. The lowest BCUT2D eigenvalue weighted by Crippen LogP contribution is -2.42. The molecule has 0 radical (unpaired) electrons. The van der Waals surface area contributed by atoms with Crippen LogP contribution < -0.4 is 9.84 Å². The number of benzene rings is 1. The molecule has 4 nitrogen and oxygen atoms in total. The molecule has 104 valence electrons. The van der Waals surface area contributed by atoms with E-state index in [1.165, 1.54) is 6.07 Å². The van der Waals surface area contributed by atoms with E-state index in [1.54, 1.807) is 36.4 Å². The van der Waals surface area contributed by atoms with Gasteiger partial charge >= 0.3 is 0 Å². The van der Waals surface area contributed by atoms with Gasteiger partial charge in [-0.3, -0.25) is 0 Å². The lowest BCUT2D eigenvalue weighted by Gasteiger charge is -2.23. The molecule has 2 aromatic rings. The van der Waals surface area contributed by atoms with Crippen LogP contribution in [0, 0.1) is 12.3 Å². The molecule has 0 unspecified atom stereocenters. The number of nitrogens with one attached hydrogen (secondary N) is 1. The van der Waals surface area contributed by atoms with E-state index in [0.29, 0.717) is 10.0 Å². The molecule has 0 spiro atoms. The summed E-state index contributed by atoms with van der Waals surface area (Å²) < 4.78 is 26.8. The molecule has 2 rings (SSSR count). The molecule has 1 aromatic carbocycles. The Balaban J connectivity index is 2.44. The standard InChI is InChI=1S/C13H11ClN2O2S2/c1-2-10-15-16(11-6-4-3-5-7-11)20(17,18)13-9-8-12(14)19-13/h1,3-9,15H,10H2. The van der Waals surface area contributed by atoms with Crippen LogP contribution in [0.3, 0.4) is 0 Å². The maximum absolute atomic E-state index is 12.6. The number of rotatable bonds is 5. The van der Waals surface area contributed by atoms with Gasteiger partial charge in [-0.2, -0.15) is 12.8 Å². The number of hydrazine groups is 1. The highest BCUT2D eigenvalue weighted by Gasteiger charge is 2.26. The molecule has 1 heterocycles. The van der Waals surface area contributed by atoms with Crippen LogP contribution in [0.4, 0.5) is 5.69 Å². The Labute approximate surface area is 127 Å². The second kappa shape index (κ2) is 6.29. The van der Waals surface area contributed by atoms with E-state index in [2.05, 4.69) is 11.3 Å². The number of para-hydroxylation sites is 1. The molecule has 0 saturated heterocycles. The quantitative estimate of drug-likeness (QED) is 0.679. The number of thiophene rings is 1. The van der Waals surface area contributed by atoms with Crippen LogP contribution in [0.25, 0.3) is 0 Å². The van der Waals surface area contributed by atoms with Crippen molar-refractivity contribution < 1.29 is 8.42 Å². The highest BCUT2D eigenvalue weighted by molar-refractivity contribution is 7.94. The molecular formula is C13H11ClN2O2S2. The first-order chi connectivity index (χ1) is 9.55. The van der Waals surface area contributed by atoms with E-state index < -0.39 is 10.0 Å². The molecule has 20 heavy (non-hydrogen) atoms. The zero-order chi connectivity index (χ0) is 14.6. The van der Waals surface area contributed by atoms with Crippen molar-refractivity contribution in [2.24, 2.45) is 0 Å². The van der Waals surface area contributed by atoms with Gasteiger partial charge in [0.05, 0.1) is 16.6 Å². The van der Waals surface area contributed by atoms with Crippen LogP contribution in [-0.4, -0.2) is 15.0 Å². The van der Waals surface area contributed by atoms with E-state index in [0.717, 1.165) is 15.8 Å². The molecule has 0 fully saturated rings. The predicted octanol–water partition coefficient (Wildman–Crippen LogP) is 2.73. The average molecular weight is 327 g/mol. The summed E-state index contributed by atoms with van der Waals surface area (Å²) >= 11 is 6.80. The van der Waals surface area contributed by atoms with E-state index in [-0.39, 0.29) is 10.8 Å². The fourth-order valence-electron chi connectivity index (χ4n) is 1.52. The maximum Gasteiger partial charge on any atom is 0.287 e. The molecule has 0 aliphatic heterocycles. The second-order valence-corrected chi connectivity index (χ2v) is 7.43. The van der Waals surface area contributed by atoms with Crippen molar-refractivity contribution >= 4 is 38.6 Å². The summed E-state index contributed by atoms with van der Waals surface area (Å²) in [6.07, 6.45) is 5.19. The van der Waals surface area contributed by atoms with Gasteiger partial charge in [0.25, 0.3) is 10.0 Å². The minimum absolute atomic E-state index is 0.0905. The highest BCUT2D eigenvalue weighted by Crippen LogP contribution is 2.29. The van der Waals surface area contributed by atoms with Gasteiger partial charge in [0.1, 0.15) is 4.21 Å². The summed E-state index contributed by atoms with van der Waals surface area (Å²) in [6, 6.07) is 11.7. The first-order valence-corrected chi connectivity index (χ1v) is 8.22. The fourth-order valence-corrected chi connectivity index (χ4v) is 4.40. The van der Waals surface area contributed by atoms with E-state index >= 15 is 0 Å². The zero-order valence-electron chi connectivity index (χ0n) is 10.3. The molecule has 0 aliphatic carbocycles. The summed E-state index contributed by atoms with van der Waals surface area (Å²) in [5, 5.41) is 0. The number of anilines is 1. The maximum atomic E-state index is 12.6. The summed E-state index contributed by atoms with van der Waals surface area (Å²) in [6.45, 7) is 0.0905. The van der Waals surface area contributed by atoms with E-state index in [1.807, 2.05) is 0 Å². The zero-order valence-corrected chi connectivity index (χ0v) is 12.7. The minimum Gasteiger partial charge on any atom is -0.208 e. The van der Waals surface area contributed by atoms with Crippen LogP contribution in [0.1, 0.15) is 0 Å². The number of sulfonamides is 1. The SMILES string of the molecule is C#CCNN(c1ccccc1)S(=O)(=O)c1ccc(Cl)s1.